The first-order valence-corrected chi connectivity index (χ1v) is 9.97. The van der Waals surface area contributed by atoms with Crippen LogP contribution in [0.25, 0.3) is 0 Å². The average Bonchev–Trinajstić information content (AvgIpc) is 2.68. The molecule has 0 spiro atoms. The third kappa shape index (κ3) is 7.74. The summed E-state index contributed by atoms with van der Waals surface area (Å²) in [5.41, 5.74) is 0. The molecule has 26 heavy (non-hydrogen) atoms. The number of hydrogen-bond donors (Lipinski definition) is 0. The van der Waals surface area contributed by atoms with Crippen molar-refractivity contribution in [3.05, 3.63) is 12.8 Å². The van der Waals surface area contributed by atoms with Gasteiger partial charge in [-0.05, 0) is 32.1 Å². The maximum atomic E-state index is 10.5. The minimum atomic E-state index is 0.0328. The van der Waals surface area contributed by atoms with Crippen LogP contribution < -0.4 is 0 Å². The highest BCUT2D eigenvalue weighted by molar-refractivity contribution is 5.50. The normalized spacial score (nSPS) is 29.2. The van der Waals surface area contributed by atoms with Crippen LogP contribution in [-0.2, 0) is 28.5 Å². The molecule has 0 amide bonds. The molecule has 0 aromatic heterocycles. The molecule has 0 heterocycles. The van der Waals surface area contributed by atoms with Gasteiger partial charge in [0.2, 0.25) is 0 Å². The topological polar surface area (TPSA) is 63.2 Å². The van der Waals surface area contributed by atoms with Crippen LogP contribution in [0, 0.1) is 0 Å². The Bertz CT molecular complexity index is 388. The summed E-state index contributed by atoms with van der Waals surface area (Å²) in [5, 5.41) is 0. The van der Waals surface area contributed by atoms with E-state index in [2.05, 4.69) is 6.58 Å². The van der Waals surface area contributed by atoms with E-state index >= 15 is 0 Å². The fourth-order valence-electron chi connectivity index (χ4n) is 3.76. The molecule has 0 radical (unpaired) electrons. The number of rotatable bonds is 13. The van der Waals surface area contributed by atoms with Crippen LogP contribution in [0.3, 0.4) is 0 Å². The molecule has 2 fully saturated rings. The molecule has 0 N–H and O–H groups in total. The lowest BCUT2D eigenvalue weighted by Crippen LogP contribution is -2.36. The Morgan fingerprint density at radius 2 is 1.23 bits per heavy atom. The number of carbonyl (C=O) groups is 1. The van der Waals surface area contributed by atoms with E-state index in [0.717, 1.165) is 44.8 Å². The minimum absolute atomic E-state index is 0.0328. The fourth-order valence-corrected chi connectivity index (χ4v) is 3.76. The SMILES string of the molecule is C=COC1CCCCC1OCCOCCOC1CCCCC1OCC=O. The van der Waals surface area contributed by atoms with Gasteiger partial charge in [-0.25, -0.2) is 0 Å². The Morgan fingerprint density at radius 3 is 1.77 bits per heavy atom. The quantitative estimate of drug-likeness (QED) is 0.282. The standard InChI is InChI=1S/C20H34O6/c1-2-23-17-7-3-4-8-18(17)25-15-13-22-14-16-26-20-10-6-5-9-19(20)24-12-11-21/h2,11,17-20H,1,3-10,12-16H2. The Morgan fingerprint density at radius 1 is 0.731 bits per heavy atom. The van der Waals surface area contributed by atoms with Crippen LogP contribution in [0.5, 0.6) is 0 Å². The van der Waals surface area contributed by atoms with Crippen LogP contribution in [0.2, 0.25) is 0 Å². The number of carbonyl (C=O) groups excluding carboxylic acids is 1. The number of hydrogen-bond acceptors (Lipinski definition) is 6. The highest BCUT2D eigenvalue weighted by Crippen LogP contribution is 2.24. The molecule has 2 aliphatic rings. The van der Waals surface area contributed by atoms with Crippen molar-refractivity contribution >= 4 is 6.29 Å². The Balaban J connectivity index is 1.51. The highest BCUT2D eigenvalue weighted by atomic mass is 16.6. The van der Waals surface area contributed by atoms with Crippen molar-refractivity contribution in [1.29, 1.82) is 0 Å². The number of ether oxygens (including phenoxy) is 5. The van der Waals surface area contributed by atoms with Crippen molar-refractivity contribution < 1.29 is 28.5 Å². The summed E-state index contributed by atoms with van der Waals surface area (Å²) in [6.07, 6.45) is 11.3. The molecule has 2 aliphatic carbocycles. The molecule has 6 heteroatoms. The first-order chi connectivity index (χ1) is 12.8. The predicted molar refractivity (Wildman–Crippen MR) is 98.1 cm³/mol. The fraction of sp³-hybridized carbons (Fsp3) is 0.850. The zero-order valence-electron chi connectivity index (χ0n) is 15.8. The van der Waals surface area contributed by atoms with Crippen LogP contribution in [0.4, 0.5) is 0 Å². The van der Waals surface area contributed by atoms with E-state index in [4.69, 9.17) is 23.7 Å². The van der Waals surface area contributed by atoms with Gasteiger partial charge in [0, 0.05) is 0 Å². The Hall–Kier alpha value is -0.950. The smallest absolute Gasteiger partial charge is 0.145 e. The molecule has 0 aliphatic heterocycles. The minimum Gasteiger partial charge on any atom is -0.496 e. The van der Waals surface area contributed by atoms with Crippen LogP contribution in [0.15, 0.2) is 12.8 Å². The van der Waals surface area contributed by atoms with Crippen molar-refractivity contribution in [2.24, 2.45) is 0 Å². The zero-order valence-corrected chi connectivity index (χ0v) is 15.8. The molecule has 0 aromatic rings. The predicted octanol–water partition coefficient (Wildman–Crippen LogP) is 3.03. The summed E-state index contributed by atoms with van der Waals surface area (Å²) >= 11 is 0. The van der Waals surface area contributed by atoms with Gasteiger partial charge in [-0.1, -0.05) is 25.8 Å². The van der Waals surface area contributed by atoms with Gasteiger partial charge in [0.15, 0.2) is 0 Å². The van der Waals surface area contributed by atoms with Gasteiger partial charge >= 0.3 is 0 Å². The van der Waals surface area contributed by atoms with Gasteiger partial charge in [0.25, 0.3) is 0 Å². The summed E-state index contributed by atoms with van der Waals surface area (Å²) < 4.78 is 28.5. The van der Waals surface area contributed by atoms with Gasteiger partial charge in [-0.2, -0.15) is 0 Å². The van der Waals surface area contributed by atoms with Gasteiger partial charge in [-0.3, -0.25) is 0 Å². The summed E-state index contributed by atoms with van der Waals surface area (Å²) in [4.78, 5) is 10.5. The van der Waals surface area contributed by atoms with Crippen LogP contribution in [0.1, 0.15) is 51.4 Å². The molecule has 4 atom stereocenters. The van der Waals surface area contributed by atoms with Gasteiger partial charge in [0.1, 0.15) is 19.0 Å². The molecular formula is C20H34O6. The van der Waals surface area contributed by atoms with E-state index in [-0.39, 0.29) is 31.0 Å². The molecule has 2 rings (SSSR count). The van der Waals surface area contributed by atoms with E-state index < -0.39 is 0 Å². The molecule has 150 valence electrons. The van der Waals surface area contributed by atoms with Crippen molar-refractivity contribution in [1.82, 2.24) is 0 Å². The van der Waals surface area contributed by atoms with Crippen molar-refractivity contribution in [2.45, 2.75) is 75.8 Å². The lowest BCUT2D eigenvalue weighted by atomic mass is 9.94. The maximum Gasteiger partial charge on any atom is 0.145 e. The third-order valence-electron chi connectivity index (χ3n) is 5.05. The van der Waals surface area contributed by atoms with E-state index in [1.807, 2.05) is 0 Å². The van der Waals surface area contributed by atoms with Gasteiger partial charge in [-0.15, -0.1) is 0 Å². The molecule has 0 saturated heterocycles. The van der Waals surface area contributed by atoms with Crippen LogP contribution in [-0.4, -0.2) is 63.7 Å². The van der Waals surface area contributed by atoms with Gasteiger partial charge < -0.3 is 28.5 Å². The van der Waals surface area contributed by atoms with E-state index in [0.29, 0.717) is 26.4 Å². The molecule has 0 aromatic carbocycles. The lowest BCUT2D eigenvalue weighted by molar-refractivity contribution is -0.125. The van der Waals surface area contributed by atoms with Crippen LogP contribution >= 0.6 is 0 Å². The van der Waals surface area contributed by atoms with Crippen molar-refractivity contribution in [3.8, 4) is 0 Å². The molecular weight excluding hydrogens is 336 g/mol. The Labute approximate surface area is 157 Å². The van der Waals surface area contributed by atoms with Crippen molar-refractivity contribution in [3.63, 3.8) is 0 Å². The summed E-state index contributed by atoms with van der Waals surface area (Å²) in [7, 11) is 0. The largest absolute Gasteiger partial charge is 0.496 e. The summed E-state index contributed by atoms with van der Waals surface area (Å²) in [6, 6.07) is 0. The number of aldehydes is 1. The van der Waals surface area contributed by atoms with E-state index in [9.17, 15) is 4.79 Å². The van der Waals surface area contributed by atoms with E-state index in [1.54, 1.807) is 0 Å². The second-order valence-electron chi connectivity index (χ2n) is 6.88. The lowest BCUT2D eigenvalue weighted by Gasteiger charge is -2.31. The second-order valence-corrected chi connectivity index (χ2v) is 6.88. The monoisotopic (exact) mass is 370 g/mol. The molecule has 4 unspecified atom stereocenters. The Kier molecular flexibility index (Phi) is 10.9. The van der Waals surface area contributed by atoms with Crippen molar-refractivity contribution in [2.75, 3.05) is 33.0 Å². The zero-order chi connectivity index (χ0) is 18.5. The maximum absolute atomic E-state index is 10.5. The molecule has 2 saturated carbocycles. The first-order valence-electron chi connectivity index (χ1n) is 9.97. The highest BCUT2D eigenvalue weighted by Gasteiger charge is 2.27. The second kappa shape index (κ2) is 13.3. The van der Waals surface area contributed by atoms with Gasteiger partial charge in [0.05, 0.1) is 51.0 Å². The van der Waals surface area contributed by atoms with E-state index in [1.165, 1.54) is 19.1 Å². The molecule has 6 nitrogen and oxygen atoms in total. The summed E-state index contributed by atoms with van der Waals surface area (Å²) in [5.74, 6) is 0. The molecule has 0 bridgehead atoms. The first kappa shape index (κ1) is 21.4. The average molecular weight is 370 g/mol. The summed E-state index contributed by atoms with van der Waals surface area (Å²) in [6.45, 7) is 5.98. The third-order valence-corrected chi connectivity index (χ3v) is 5.05.